The molecule has 0 spiro atoms. The molecular weight excluding hydrogens is 487 g/mol. The number of halogens is 3. The Balaban J connectivity index is 1.61. The van der Waals surface area contributed by atoms with Crippen molar-refractivity contribution in [3.63, 3.8) is 0 Å². The predicted molar refractivity (Wildman–Crippen MR) is 138 cm³/mol. The number of nitrogens with one attached hydrogen (secondary N) is 2. The first-order chi connectivity index (χ1) is 16.9. The summed E-state index contributed by atoms with van der Waals surface area (Å²) in [7, 11) is 0. The Hall–Kier alpha value is -2.95. The van der Waals surface area contributed by atoms with Crippen LogP contribution in [0.25, 0.3) is 5.70 Å². The molecule has 2 aliphatic heterocycles. The third kappa shape index (κ3) is 6.63. The van der Waals surface area contributed by atoms with E-state index in [4.69, 9.17) is 11.5 Å². The highest BCUT2D eigenvalue weighted by atomic mass is 32.2. The van der Waals surface area contributed by atoms with E-state index < -0.39 is 11.7 Å². The number of thioether (sulfide) groups is 1. The lowest BCUT2D eigenvalue weighted by Gasteiger charge is -2.29. The van der Waals surface area contributed by atoms with Crippen LogP contribution in [0.15, 0.2) is 65.2 Å². The van der Waals surface area contributed by atoms with E-state index in [1.54, 1.807) is 12.3 Å². The molecule has 0 bridgehead atoms. The number of nitrogens with two attached hydrogens (primary N) is 2. The number of carbonyl (C=O) groups excluding carboxylic acids is 1. The second-order valence-electron chi connectivity index (χ2n) is 9.71. The van der Waals surface area contributed by atoms with E-state index in [-0.39, 0.29) is 28.2 Å². The first-order valence-corrected chi connectivity index (χ1v) is 12.5. The van der Waals surface area contributed by atoms with Crippen molar-refractivity contribution in [1.29, 1.82) is 0 Å². The van der Waals surface area contributed by atoms with E-state index in [1.807, 2.05) is 50.3 Å². The molecule has 0 saturated carbocycles. The van der Waals surface area contributed by atoms with Gasteiger partial charge in [0.2, 0.25) is 0 Å². The number of hydrogen-bond donors (Lipinski definition) is 4. The molecule has 6 nitrogen and oxygen atoms in total. The van der Waals surface area contributed by atoms with Crippen LogP contribution in [0.3, 0.4) is 0 Å². The molecule has 2 aliphatic rings. The molecule has 0 aliphatic carbocycles. The molecule has 0 aromatic heterocycles. The third-order valence-electron chi connectivity index (χ3n) is 5.96. The van der Waals surface area contributed by atoms with Crippen molar-refractivity contribution in [2.45, 2.75) is 61.8 Å². The van der Waals surface area contributed by atoms with Gasteiger partial charge in [0, 0.05) is 34.4 Å². The Morgan fingerprint density at radius 2 is 1.78 bits per heavy atom. The smallest absolute Gasteiger partial charge is 0.361 e. The molecule has 4 rings (SSSR count). The fourth-order valence-corrected chi connectivity index (χ4v) is 4.88. The molecule has 1 atom stereocenters. The van der Waals surface area contributed by atoms with Crippen LogP contribution in [-0.4, -0.2) is 23.2 Å². The molecule has 10 heteroatoms. The molecule has 2 aromatic rings. The Morgan fingerprint density at radius 1 is 1.06 bits per heavy atom. The lowest BCUT2D eigenvalue weighted by atomic mass is 9.96. The van der Waals surface area contributed by atoms with Crippen molar-refractivity contribution in [2.24, 2.45) is 11.5 Å². The number of nitrogens with zero attached hydrogens (tertiary/aromatic N) is 1. The average Bonchev–Trinajstić information content (AvgIpc) is 3.19. The summed E-state index contributed by atoms with van der Waals surface area (Å²) in [6.07, 6.45) is 5.25. The van der Waals surface area contributed by atoms with Crippen molar-refractivity contribution in [3.05, 3.63) is 77.0 Å². The molecular formula is C26H30F3N5OS. The molecule has 36 heavy (non-hydrogen) atoms. The van der Waals surface area contributed by atoms with Gasteiger partial charge in [0.25, 0.3) is 0 Å². The fraction of sp³-hybridized carbons (Fsp3) is 0.346. The summed E-state index contributed by atoms with van der Waals surface area (Å²) < 4.78 is 39.5. The Labute approximate surface area is 213 Å². The van der Waals surface area contributed by atoms with Gasteiger partial charge in [0.15, 0.2) is 0 Å². The maximum absolute atomic E-state index is 13.2. The number of benzene rings is 2. The lowest BCUT2D eigenvalue weighted by molar-refractivity contribution is -0.0328. The summed E-state index contributed by atoms with van der Waals surface area (Å²) in [5.74, 6) is 0. The summed E-state index contributed by atoms with van der Waals surface area (Å²) in [4.78, 5) is 14.4. The number of hydrogen-bond acceptors (Lipinski definition) is 5. The van der Waals surface area contributed by atoms with Gasteiger partial charge in [-0.15, -0.1) is 0 Å². The molecule has 2 aromatic carbocycles. The minimum absolute atomic E-state index is 0.124. The Morgan fingerprint density at radius 3 is 2.42 bits per heavy atom. The quantitative estimate of drug-likeness (QED) is 0.361. The molecule has 1 unspecified atom stereocenters. The number of anilines is 1. The number of amides is 2. The number of carbonyl (C=O) groups is 1. The Bertz CT molecular complexity index is 1190. The maximum atomic E-state index is 13.2. The van der Waals surface area contributed by atoms with Crippen LogP contribution in [0.2, 0.25) is 0 Å². The van der Waals surface area contributed by atoms with Gasteiger partial charge >= 0.3 is 11.5 Å². The van der Waals surface area contributed by atoms with E-state index in [2.05, 4.69) is 10.6 Å². The van der Waals surface area contributed by atoms with Crippen LogP contribution in [-0.2, 0) is 13.0 Å². The SMILES string of the molecule is CC(C)(N)CCCc1cc(SC(F)(F)F)cc(C2=CC3=CN(c4ccc(CN)cc4)C(=O)NC3N2)c1. The monoisotopic (exact) mass is 517 g/mol. The van der Waals surface area contributed by atoms with E-state index >= 15 is 0 Å². The van der Waals surface area contributed by atoms with Crippen LogP contribution < -0.4 is 27.0 Å². The van der Waals surface area contributed by atoms with Crippen LogP contribution in [0, 0.1) is 0 Å². The summed E-state index contributed by atoms with van der Waals surface area (Å²) in [5, 5.41) is 6.14. The fourth-order valence-electron chi connectivity index (χ4n) is 4.21. The zero-order valence-electron chi connectivity index (χ0n) is 20.2. The van der Waals surface area contributed by atoms with Gasteiger partial charge in [-0.05, 0) is 98.0 Å². The van der Waals surface area contributed by atoms with Crippen molar-refractivity contribution in [1.82, 2.24) is 10.6 Å². The highest BCUT2D eigenvalue weighted by Crippen LogP contribution is 2.39. The van der Waals surface area contributed by atoms with E-state index in [0.717, 1.165) is 29.5 Å². The highest BCUT2D eigenvalue weighted by Gasteiger charge is 2.33. The zero-order chi connectivity index (χ0) is 26.1. The van der Waals surface area contributed by atoms with Gasteiger partial charge < -0.3 is 22.1 Å². The van der Waals surface area contributed by atoms with E-state index in [9.17, 15) is 18.0 Å². The lowest BCUT2D eigenvalue weighted by Crippen LogP contribution is -2.51. The topological polar surface area (TPSA) is 96.4 Å². The molecule has 192 valence electrons. The predicted octanol–water partition coefficient (Wildman–Crippen LogP) is 5.20. The summed E-state index contributed by atoms with van der Waals surface area (Å²) in [6.45, 7) is 4.27. The van der Waals surface area contributed by atoms with Crippen molar-refractivity contribution >= 4 is 29.2 Å². The van der Waals surface area contributed by atoms with Gasteiger partial charge in [0.1, 0.15) is 6.17 Å². The van der Waals surface area contributed by atoms with Crippen LogP contribution in [0.4, 0.5) is 23.7 Å². The van der Waals surface area contributed by atoms with E-state index in [1.165, 1.54) is 11.0 Å². The van der Waals surface area contributed by atoms with Gasteiger partial charge in [-0.1, -0.05) is 12.1 Å². The Kier molecular flexibility index (Phi) is 7.40. The zero-order valence-corrected chi connectivity index (χ0v) is 21.0. The van der Waals surface area contributed by atoms with Crippen molar-refractivity contribution < 1.29 is 18.0 Å². The molecule has 2 amide bonds. The summed E-state index contributed by atoms with van der Waals surface area (Å²) in [5.41, 5.74) is 11.5. The summed E-state index contributed by atoms with van der Waals surface area (Å²) in [6, 6.07) is 12.1. The van der Waals surface area contributed by atoms with E-state index in [0.29, 0.717) is 29.9 Å². The molecule has 0 saturated heterocycles. The van der Waals surface area contributed by atoms with Gasteiger partial charge in [0.05, 0.1) is 5.69 Å². The number of aryl methyl sites for hydroxylation is 1. The molecule has 0 radical (unpaired) electrons. The second kappa shape index (κ2) is 10.2. The number of urea groups is 1. The van der Waals surface area contributed by atoms with Gasteiger partial charge in [-0.3, -0.25) is 4.90 Å². The molecule has 0 fully saturated rings. The maximum Gasteiger partial charge on any atom is 0.446 e. The van der Waals surface area contributed by atoms with Gasteiger partial charge in [-0.25, -0.2) is 4.79 Å². The third-order valence-corrected chi connectivity index (χ3v) is 6.66. The standard InChI is InChI=1S/C26H30F3N5OS/c1-25(2,31)9-3-4-17-10-18(12-21(11-17)36-26(27,28)29)22-13-19-15-34(24(35)33-23(19)32-22)20-7-5-16(14-30)6-8-20/h5-8,10-13,15,23,32H,3-4,9,14,30-31H2,1-2H3,(H,33,35). The van der Waals surface area contributed by atoms with Gasteiger partial charge in [-0.2, -0.15) is 13.2 Å². The number of alkyl halides is 3. The largest absolute Gasteiger partial charge is 0.446 e. The molecule has 2 heterocycles. The minimum Gasteiger partial charge on any atom is -0.361 e. The molecule has 6 N–H and O–H groups in total. The highest BCUT2D eigenvalue weighted by molar-refractivity contribution is 8.00. The van der Waals surface area contributed by atoms with Crippen LogP contribution >= 0.6 is 11.8 Å². The number of rotatable bonds is 8. The van der Waals surface area contributed by atoms with Crippen molar-refractivity contribution in [3.8, 4) is 0 Å². The second-order valence-corrected chi connectivity index (χ2v) is 10.8. The first-order valence-electron chi connectivity index (χ1n) is 11.7. The normalized spacial score (nSPS) is 17.8. The van der Waals surface area contributed by atoms with Crippen LogP contribution in [0.1, 0.15) is 43.4 Å². The summed E-state index contributed by atoms with van der Waals surface area (Å²) >= 11 is -0.128. The number of fused-ring (bicyclic) bond motifs is 1. The average molecular weight is 518 g/mol. The minimum atomic E-state index is -4.39. The first kappa shape index (κ1) is 26.1. The van der Waals surface area contributed by atoms with Crippen LogP contribution in [0.5, 0.6) is 0 Å². The van der Waals surface area contributed by atoms with Crippen molar-refractivity contribution in [2.75, 3.05) is 4.90 Å².